The molecule has 0 saturated carbocycles. The summed E-state index contributed by atoms with van der Waals surface area (Å²) in [6.07, 6.45) is 0.571. The van der Waals surface area contributed by atoms with Gasteiger partial charge >= 0.3 is 0 Å². The van der Waals surface area contributed by atoms with Crippen LogP contribution in [0.15, 0.2) is 17.5 Å². The Morgan fingerprint density at radius 3 is 2.76 bits per heavy atom. The number of halogens is 1. The van der Waals surface area contributed by atoms with Crippen molar-refractivity contribution >= 4 is 49.6 Å². The molecule has 0 radical (unpaired) electrons. The van der Waals surface area contributed by atoms with Gasteiger partial charge < -0.3 is 9.80 Å². The number of hydrogen-bond donors (Lipinski definition) is 0. The lowest BCUT2D eigenvalue weighted by molar-refractivity contribution is -0.131. The number of nitrogens with zero attached hydrogens (tertiary/aromatic N) is 4. The Hall–Kier alpha value is -0.990. The van der Waals surface area contributed by atoms with Crippen molar-refractivity contribution in [3.63, 3.8) is 0 Å². The van der Waals surface area contributed by atoms with Crippen LogP contribution in [0, 0.1) is 0 Å². The summed E-state index contributed by atoms with van der Waals surface area (Å²) >= 11 is 6.61. The van der Waals surface area contributed by atoms with Gasteiger partial charge in [0, 0.05) is 37.9 Å². The molecule has 1 amide bonds. The molecule has 1 aliphatic rings. The van der Waals surface area contributed by atoms with Crippen molar-refractivity contribution in [1.29, 1.82) is 0 Å². The summed E-state index contributed by atoms with van der Waals surface area (Å²) < 4.78 is 0. The molecule has 1 saturated heterocycles. The van der Waals surface area contributed by atoms with Crippen LogP contribution < -0.4 is 4.90 Å². The summed E-state index contributed by atoms with van der Waals surface area (Å²) in [6, 6.07) is 4.08. The highest BCUT2D eigenvalue weighted by Crippen LogP contribution is 2.31. The Morgan fingerprint density at radius 1 is 1.29 bits per heavy atom. The Kier molecular flexibility index (Phi) is 4.87. The van der Waals surface area contributed by atoms with Gasteiger partial charge in [0.2, 0.25) is 11.0 Å². The minimum Gasteiger partial charge on any atom is -0.343 e. The molecule has 1 fully saturated rings. The highest BCUT2D eigenvalue weighted by atomic mass is 79.9. The smallest absolute Gasteiger partial charge is 0.223 e. The highest BCUT2D eigenvalue weighted by molar-refractivity contribution is 9.09. The number of carbonyl (C=O) groups excluding carboxylic acids is 1. The summed E-state index contributed by atoms with van der Waals surface area (Å²) in [6.45, 7) is 3.18. The lowest BCUT2D eigenvalue weighted by atomic mass is 10.3. The fourth-order valence-corrected chi connectivity index (χ4v) is 4.26. The summed E-state index contributed by atoms with van der Waals surface area (Å²) in [5.74, 6) is 0.225. The van der Waals surface area contributed by atoms with Crippen molar-refractivity contribution in [2.75, 3.05) is 36.4 Å². The predicted octanol–water partition coefficient (Wildman–Crippen LogP) is 2.70. The Bertz CT molecular complexity index is 593. The molecule has 0 N–H and O–H groups in total. The average Bonchev–Trinajstić information content (AvgIpc) is 3.19. The van der Waals surface area contributed by atoms with Crippen LogP contribution >= 0.6 is 38.6 Å². The Balaban J connectivity index is 1.61. The first kappa shape index (κ1) is 14.9. The third-order valence-corrected chi connectivity index (χ3v) is 5.78. The SMILES string of the molecule is O=C(CCBr)N1CCN(c2nnc(-c3cccs3)s2)CC1. The average molecular weight is 387 g/mol. The maximum atomic E-state index is 11.9. The molecule has 0 atom stereocenters. The van der Waals surface area contributed by atoms with E-state index in [-0.39, 0.29) is 5.91 Å². The summed E-state index contributed by atoms with van der Waals surface area (Å²) in [5, 5.41) is 13.3. The normalized spacial score (nSPS) is 15.5. The van der Waals surface area contributed by atoms with Gasteiger partial charge in [-0.05, 0) is 11.4 Å². The molecule has 2 aromatic rings. The molecule has 1 aliphatic heterocycles. The van der Waals surface area contributed by atoms with Gasteiger partial charge in [0.15, 0.2) is 5.01 Å². The van der Waals surface area contributed by atoms with Crippen molar-refractivity contribution in [2.24, 2.45) is 0 Å². The second-order valence-electron chi connectivity index (χ2n) is 4.67. The number of hydrogen-bond acceptors (Lipinski definition) is 6. The number of amides is 1. The van der Waals surface area contributed by atoms with Gasteiger partial charge in [0.05, 0.1) is 4.88 Å². The van der Waals surface area contributed by atoms with Crippen LogP contribution in [0.1, 0.15) is 6.42 Å². The van der Waals surface area contributed by atoms with E-state index in [9.17, 15) is 4.79 Å². The van der Waals surface area contributed by atoms with Gasteiger partial charge in [-0.25, -0.2) is 0 Å². The van der Waals surface area contributed by atoms with Crippen molar-refractivity contribution in [2.45, 2.75) is 6.42 Å². The van der Waals surface area contributed by atoms with Gasteiger partial charge in [0.1, 0.15) is 0 Å². The highest BCUT2D eigenvalue weighted by Gasteiger charge is 2.23. The van der Waals surface area contributed by atoms with E-state index in [1.54, 1.807) is 22.7 Å². The minimum absolute atomic E-state index is 0.225. The van der Waals surface area contributed by atoms with Crippen LogP contribution in [0.3, 0.4) is 0 Å². The second-order valence-corrected chi connectivity index (χ2v) is 7.37. The topological polar surface area (TPSA) is 49.3 Å². The van der Waals surface area contributed by atoms with Crippen molar-refractivity contribution in [3.8, 4) is 9.88 Å². The number of alkyl halides is 1. The molecule has 21 heavy (non-hydrogen) atoms. The molecule has 5 nitrogen and oxygen atoms in total. The first-order chi connectivity index (χ1) is 10.3. The summed E-state index contributed by atoms with van der Waals surface area (Å²) in [4.78, 5) is 17.2. The zero-order valence-corrected chi connectivity index (χ0v) is 14.6. The van der Waals surface area contributed by atoms with E-state index in [1.165, 1.54) is 0 Å². The number of rotatable bonds is 4. The number of anilines is 1. The molecule has 0 aliphatic carbocycles. The molecule has 0 spiro atoms. The quantitative estimate of drug-likeness (QED) is 0.757. The molecule has 2 aromatic heterocycles. The monoisotopic (exact) mass is 386 g/mol. The van der Waals surface area contributed by atoms with Crippen LogP contribution in [-0.2, 0) is 4.79 Å². The maximum Gasteiger partial charge on any atom is 0.223 e. The van der Waals surface area contributed by atoms with E-state index in [2.05, 4.69) is 37.1 Å². The predicted molar refractivity (Wildman–Crippen MR) is 90.4 cm³/mol. The van der Waals surface area contributed by atoms with Gasteiger partial charge in [-0.15, -0.1) is 21.5 Å². The Labute approximate surface area is 139 Å². The van der Waals surface area contributed by atoms with Gasteiger partial charge in [-0.1, -0.05) is 33.3 Å². The van der Waals surface area contributed by atoms with Crippen molar-refractivity contribution < 1.29 is 4.79 Å². The van der Waals surface area contributed by atoms with Gasteiger partial charge in [-0.3, -0.25) is 4.79 Å². The van der Waals surface area contributed by atoms with E-state index in [4.69, 9.17) is 0 Å². The van der Waals surface area contributed by atoms with E-state index >= 15 is 0 Å². The third-order valence-electron chi connectivity index (χ3n) is 3.36. The third kappa shape index (κ3) is 3.44. The van der Waals surface area contributed by atoms with Crippen LogP contribution in [0.2, 0.25) is 0 Å². The fraction of sp³-hybridized carbons (Fsp3) is 0.462. The van der Waals surface area contributed by atoms with E-state index in [0.717, 1.165) is 46.5 Å². The lowest BCUT2D eigenvalue weighted by Crippen LogP contribution is -2.48. The number of piperazine rings is 1. The largest absolute Gasteiger partial charge is 0.343 e. The first-order valence-corrected chi connectivity index (χ1v) is 9.56. The molecule has 0 unspecified atom stereocenters. The molecule has 0 aromatic carbocycles. The summed E-state index contributed by atoms with van der Waals surface area (Å²) in [7, 11) is 0. The first-order valence-electron chi connectivity index (χ1n) is 6.74. The zero-order valence-electron chi connectivity index (χ0n) is 11.4. The zero-order chi connectivity index (χ0) is 14.7. The van der Waals surface area contributed by atoms with Crippen LogP contribution in [0.5, 0.6) is 0 Å². The number of thiophene rings is 1. The molecule has 3 heterocycles. The van der Waals surface area contributed by atoms with Crippen LogP contribution in [0.4, 0.5) is 5.13 Å². The van der Waals surface area contributed by atoms with Gasteiger partial charge in [-0.2, -0.15) is 0 Å². The van der Waals surface area contributed by atoms with Gasteiger partial charge in [0.25, 0.3) is 0 Å². The van der Waals surface area contributed by atoms with Crippen LogP contribution in [0.25, 0.3) is 9.88 Å². The molecule has 3 rings (SSSR count). The summed E-state index contributed by atoms with van der Waals surface area (Å²) in [5.41, 5.74) is 0. The maximum absolute atomic E-state index is 11.9. The van der Waals surface area contributed by atoms with E-state index in [1.807, 2.05) is 16.3 Å². The van der Waals surface area contributed by atoms with E-state index in [0.29, 0.717) is 6.42 Å². The molecule has 0 bridgehead atoms. The van der Waals surface area contributed by atoms with Crippen molar-refractivity contribution in [1.82, 2.24) is 15.1 Å². The molecular formula is C13H15BrN4OS2. The molecule has 112 valence electrons. The molecule has 8 heteroatoms. The lowest BCUT2D eigenvalue weighted by Gasteiger charge is -2.34. The Morgan fingerprint density at radius 2 is 2.10 bits per heavy atom. The molecular weight excluding hydrogens is 372 g/mol. The fourth-order valence-electron chi connectivity index (χ4n) is 2.23. The minimum atomic E-state index is 0.225. The van der Waals surface area contributed by atoms with Crippen molar-refractivity contribution in [3.05, 3.63) is 17.5 Å². The van der Waals surface area contributed by atoms with Crippen LogP contribution in [-0.4, -0.2) is 52.5 Å². The second kappa shape index (κ2) is 6.85. The van der Waals surface area contributed by atoms with E-state index < -0.39 is 0 Å². The standard InChI is InChI=1S/C13H15BrN4OS2/c14-4-3-11(19)17-5-7-18(8-6-17)13-16-15-12(21-13)10-2-1-9-20-10/h1-2,9H,3-8H2. The number of carbonyl (C=O) groups is 1. The number of aromatic nitrogens is 2.